The van der Waals surface area contributed by atoms with Gasteiger partial charge < -0.3 is 20.5 Å². The van der Waals surface area contributed by atoms with E-state index >= 15 is 0 Å². The van der Waals surface area contributed by atoms with E-state index in [-0.39, 0.29) is 36.5 Å². The molecule has 0 aromatic heterocycles. The van der Waals surface area contributed by atoms with Crippen LogP contribution >= 0.6 is 24.0 Å². The van der Waals surface area contributed by atoms with Gasteiger partial charge in [-0.15, -0.1) is 24.0 Å². The molecule has 0 heterocycles. The van der Waals surface area contributed by atoms with Gasteiger partial charge in [-0.3, -0.25) is 4.99 Å². The lowest BCUT2D eigenvalue weighted by Crippen LogP contribution is -2.38. The van der Waals surface area contributed by atoms with Crippen molar-refractivity contribution in [2.75, 3.05) is 39.5 Å². The second kappa shape index (κ2) is 16.6. The van der Waals surface area contributed by atoms with E-state index in [4.69, 9.17) is 4.74 Å². The molecule has 0 fully saturated rings. The van der Waals surface area contributed by atoms with E-state index in [9.17, 15) is 5.11 Å². The van der Waals surface area contributed by atoms with Crippen LogP contribution in [-0.2, 0) is 4.74 Å². The van der Waals surface area contributed by atoms with Crippen LogP contribution in [-0.4, -0.2) is 50.5 Å². The Hall–Kier alpha value is -0.860. The Kier molecular flexibility index (Phi) is 16.0. The maximum atomic E-state index is 9.61. The number of unbranched alkanes of at least 4 members (excludes halogenated alkanes) is 1. The van der Waals surface area contributed by atoms with Gasteiger partial charge in [0.05, 0.1) is 13.2 Å². The van der Waals surface area contributed by atoms with Crippen molar-refractivity contribution < 1.29 is 9.84 Å². The van der Waals surface area contributed by atoms with Gasteiger partial charge in [-0.05, 0) is 25.3 Å². The summed E-state index contributed by atoms with van der Waals surface area (Å²) in [6, 6.07) is 10.0. The minimum atomic E-state index is 0. The smallest absolute Gasteiger partial charge is 0.191 e. The number of halogens is 1. The van der Waals surface area contributed by atoms with Crippen LogP contribution in [0, 0.1) is 0 Å². The van der Waals surface area contributed by atoms with E-state index < -0.39 is 0 Å². The van der Waals surface area contributed by atoms with E-state index in [1.807, 2.05) is 37.3 Å². The van der Waals surface area contributed by atoms with Gasteiger partial charge in [0.2, 0.25) is 0 Å². The summed E-state index contributed by atoms with van der Waals surface area (Å²) in [5.41, 5.74) is 1.11. The molecule has 1 rings (SSSR count). The standard InChI is InChI=1S/C19H33N3O2.HI/c1-3-5-13-24-14-9-12-21-19(20-4-2)22-15-18(16-23)17-10-7-6-8-11-17;/h6-8,10-11,18,23H,3-5,9,12-16H2,1-2H3,(H2,20,21,22);1H. The average Bonchev–Trinajstić information content (AvgIpc) is 2.62. The molecule has 0 radical (unpaired) electrons. The molecule has 0 spiro atoms. The second-order valence-electron chi connectivity index (χ2n) is 5.76. The molecule has 25 heavy (non-hydrogen) atoms. The quantitative estimate of drug-likeness (QED) is 0.193. The van der Waals surface area contributed by atoms with Crippen LogP contribution < -0.4 is 10.6 Å². The molecule has 0 aliphatic carbocycles. The van der Waals surface area contributed by atoms with Crippen molar-refractivity contribution in [3.05, 3.63) is 35.9 Å². The highest BCUT2D eigenvalue weighted by atomic mass is 127. The number of aliphatic imine (C=N–C) groups is 1. The second-order valence-corrected chi connectivity index (χ2v) is 5.76. The number of hydrogen-bond donors (Lipinski definition) is 3. The summed E-state index contributed by atoms with van der Waals surface area (Å²) < 4.78 is 5.56. The Morgan fingerprint density at radius 1 is 1.12 bits per heavy atom. The Bertz CT molecular complexity index is 444. The number of rotatable bonds is 12. The Morgan fingerprint density at radius 3 is 2.48 bits per heavy atom. The monoisotopic (exact) mass is 463 g/mol. The highest BCUT2D eigenvalue weighted by Gasteiger charge is 2.09. The summed E-state index contributed by atoms with van der Waals surface area (Å²) in [5.74, 6) is 0.819. The van der Waals surface area contributed by atoms with Crippen LogP contribution in [0.5, 0.6) is 0 Å². The van der Waals surface area contributed by atoms with E-state index in [2.05, 4.69) is 22.5 Å². The van der Waals surface area contributed by atoms with Crippen molar-refractivity contribution in [3.8, 4) is 0 Å². The molecule has 144 valence electrons. The van der Waals surface area contributed by atoms with Crippen LogP contribution in [0.3, 0.4) is 0 Å². The topological polar surface area (TPSA) is 65.9 Å². The molecule has 1 aromatic carbocycles. The number of aliphatic hydroxyl groups is 1. The predicted molar refractivity (Wildman–Crippen MR) is 116 cm³/mol. The van der Waals surface area contributed by atoms with E-state index in [0.717, 1.165) is 50.7 Å². The molecule has 1 aromatic rings. The summed E-state index contributed by atoms with van der Waals surface area (Å²) in [4.78, 5) is 4.60. The summed E-state index contributed by atoms with van der Waals surface area (Å²) in [6.07, 6.45) is 3.25. The summed E-state index contributed by atoms with van der Waals surface area (Å²) in [5, 5.41) is 16.2. The molecule has 6 heteroatoms. The van der Waals surface area contributed by atoms with Gasteiger partial charge in [-0.2, -0.15) is 0 Å². The third-order valence-corrected chi connectivity index (χ3v) is 3.71. The molecule has 0 saturated heterocycles. The summed E-state index contributed by atoms with van der Waals surface area (Å²) in [6.45, 7) is 8.13. The van der Waals surface area contributed by atoms with E-state index in [1.54, 1.807) is 0 Å². The van der Waals surface area contributed by atoms with Crippen molar-refractivity contribution in [2.24, 2.45) is 4.99 Å². The zero-order chi connectivity index (χ0) is 17.5. The van der Waals surface area contributed by atoms with Crippen molar-refractivity contribution >= 4 is 29.9 Å². The normalized spacial score (nSPS) is 12.4. The van der Waals surface area contributed by atoms with Crippen molar-refractivity contribution in [3.63, 3.8) is 0 Å². The maximum Gasteiger partial charge on any atom is 0.191 e. The van der Waals surface area contributed by atoms with Gasteiger partial charge in [0.15, 0.2) is 5.96 Å². The van der Waals surface area contributed by atoms with Crippen molar-refractivity contribution in [2.45, 2.75) is 39.0 Å². The summed E-state index contributed by atoms with van der Waals surface area (Å²) >= 11 is 0. The molecule has 0 amide bonds. The van der Waals surface area contributed by atoms with E-state index in [0.29, 0.717) is 6.54 Å². The van der Waals surface area contributed by atoms with Crippen molar-refractivity contribution in [1.82, 2.24) is 10.6 Å². The van der Waals surface area contributed by atoms with Gasteiger partial charge in [-0.25, -0.2) is 0 Å². The number of ether oxygens (including phenoxy) is 1. The fourth-order valence-electron chi connectivity index (χ4n) is 2.27. The van der Waals surface area contributed by atoms with Crippen LogP contribution in [0.4, 0.5) is 0 Å². The van der Waals surface area contributed by atoms with Crippen LogP contribution in [0.1, 0.15) is 44.6 Å². The molecule has 3 N–H and O–H groups in total. The zero-order valence-electron chi connectivity index (χ0n) is 15.5. The maximum absolute atomic E-state index is 9.61. The SMILES string of the molecule is CCCCOCCCNC(=NCC(CO)c1ccccc1)NCC.I. The largest absolute Gasteiger partial charge is 0.396 e. The number of guanidine groups is 1. The van der Waals surface area contributed by atoms with Gasteiger partial charge in [-0.1, -0.05) is 43.7 Å². The number of hydrogen-bond acceptors (Lipinski definition) is 3. The van der Waals surface area contributed by atoms with Crippen LogP contribution in [0.25, 0.3) is 0 Å². The molecular formula is C19H34IN3O2. The first kappa shape index (κ1) is 24.1. The minimum absolute atomic E-state index is 0. The lowest BCUT2D eigenvalue weighted by molar-refractivity contribution is 0.129. The average molecular weight is 463 g/mol. The van der Waals surface area contributed by atoms with Gasteiger partial charge in [0, 0.05) is 32.2 Å². The molecule has 1 unspecified atom stereocenters. The fourth-order valence-corrected chi connectivity index (χ4v) is 2.27. The predicted octanol–water partition coefficient (Wildman–Crippen LogP) is 3.14. The Morgan fingerprint density at radius 2 is 1.84 bits per heavy atom. The third kappa shape index (κ3) is 11.4. The number of nitrogens with one attached hydrogen (secondary N) is 2. The first-order valence-electron chi connectivity index (χ1n) is 9.07. The van der Waals surface area contributed by atoms with Gasteiger partial charge >= 0.3 is 0 Å². The zero-order valence-corrected chi connectivity index (χ0v) is 17.9. The number of aliphatic hydroxyl groups excluding tert-OH is 1. The molecular weight excluding hydrogens is 429 g/mol. The molecule has 1 atom stereocenters. The first-order valence-corrected chi connectivity index (χ1v) is 9.07. The van der Waals surface area contributed by atoms with Gasteiger partial charge in [0.25, 0.3) is 0 Å². The van der Waals surface area contributed by atoms with Gasteiger partial charge in [0.1, 0.15) is 0 Å². The molecule has 0 bridgehead atoms. The lowest BCUT2D eigenvalue weighted by Gasteiger charge is -2.15. The highest BCUT2D eigenvalue weighted by molar-refractivity contribution is 14.0. The highest BCUT2D eigenvalue weighted by Crippen LogP contribution is 2.14. The molecule has 0 saturated carbocycles. The van der Waals surface area contributed by atoms with E-state index in [1.165, 1.54) is 6.42 Å². The first-order chi connectivity index (χ1) is 11.8. The lowest BCUT2D eigenvalue weighted by atomic mass is 10.0. The Labute approximate surface area is 169 Å². The number of nitrogens with zero attached hydrogens (tertiary/aromatic N) is 1. The Balaban J connectivity index is 0.00000576. The number of benzene rings is 1. The summed E-state index contributed by atoms with van der Waals surface area (Å²) in [7, 11) is 0. The molecule has 5 nitrogen and oxygen atoms in total. The minimum Gasteiger partial charge on any atom is -0.396 e. The molecule has 0 aliphatic rings. The third-order valence-electron chi connectivity index (χ3n) is 3.71. The fraction of sp³-hybridized carbons (Fsp3) is 0.632. The van der Waals surface area contributed by atoms with Crippen LogP contribution in [0.2, 0.25) is 0 Å². The molecule has 0 aliphatic heterocycles. The van der Waals surface area contributed by atoms with Crippen LogP contribution in [0.15, 0.2) is 35.3 Å². The van der Waals surface area contributed by atoms with Crippen molar-refractivity contribution in [1.29, 1.82) is 0 Å².